The molecule has 1 aromatic carbocycles. The summed E-state index contributed by atoms with van der Waals surface area (Å²) in [6.45, 7) is 2.60. The van der Waals surface area contributed by atoms with Crippen molar-refractivity contribution in [1.82, 2.24) is 10.3 Å². The Hall–Kier alpha value is -1.39. The quantitative estimate of drug-likeness (QED) is 0.866. The molecule has 3 rings (SSSR count). The van der Waals surface area contributed by atoms with Crippen LogP contribution in [0.2, 0.25) is 0 Å². The number of oxazole rings is 1. The molecule has 96 valence electrons. The number of aryl methyl sites for hydroxylation is 1. The van der Waals surface area contributed by atoms with Gasteiger partial charge in [-0.25, -0.2) is 4.98 Å². The SMILES string of the molecule is CNC(c1ccc2oc(C)nc2c1)C1(CN)CC1. The zero-order chi connectivity index (χ0) is 12.8. The number of benzene rings is 1. The second-order valence-corrected chi connectivity index (χ2v) is 5.25. The van der Waals surface area contributed by atoms with Crippen molar-refractivity contribution >= 4 is 11.1 Å². The van der Waals surface area contributed by atoms with E-state index in [1.165, 1.54) is 18.4 Å². The molecule has 1 aliphatic carbocycles. The van der Waals surface area contributed by atoms with Crippen LogP contribution in [0.1, 0.15) is 30.3 Å². The van der Waals surface area contributed by atoms with Crippen LogP contribution < -0.4 is 11.1 Å². The minimum atomic E-state index is 0.237. The second-order valence-electron chi connectivity index (χ2n) is 5.25. The van der Waals surface area contributed by atoms with E-state index in [2.05, 4.69) is 22.4 Å². The molecular weight excluding hydrogens is 226 g/mol. The first-order chi connectivity index (χ1) is 8.68. The molecule has 3 N–H and O–H groups in total. The summed E-state index contributed by atoms with van der Waals surface area (Å²) < 4.78 is 5.51. The Balaban J connectivity index is 2.01. The fourth-order valence-corrected chi connectivity index (χ4v) is 2.84. The van der Waals surface area contributed by atoms with E-state index in [1.807, 2.05) is 20.0 Å². The van der Waals surface area contributed by atoms with E-state index in [0.717, 1.165) is 17.6 Å². The molecule has 1 aliphatic rings. The van der Waals surface area contributed by atoms with Gasteiger partial charge in [0.25, 0.3) is 0 Å². The highest BCUT2D eigenvalue weighted by atomic mass is 16.3. The molecule has 0 radical (unpaired) electrons. The summed E-state index contributed by atoms with van der Waals surface area (Å²) in [4.78, 5) is 4.39. The van der Waals surface area contributed by atoms with Crippen LogP contribution in [0, 0.1) is 12.3 Å². The van der Waals surface area contributed by atoms with Gasteiger partial charge < -0.3 is 15.5 Å². The van der Waals surface area contributed by atoms with Gasteiger partial charge in [-0.2, -0.15) is 0 Å². The largest absolute Gasteiger partial charge is 0.441 e. The molecule has 1 saturated carbocycles. The van der Waals surface area contributed by atoms with Crippen molar-refractivity contribution in [3.8, 4) is 0 Å². The van der Waals surface area contributed by atoms with Gasteiger partial charge in [-0.05, 0) is 44.1 Å². The van der Waals surface area contributed by atoms with Gasteiger partial charge in [0.05, 0.1) is 0 Å². The number of rotatable bonds is 4. The van der Waals surface area contributed by atoms with Gasteiger partial charge in [0.1, 0.15) is 5.52 Å². The summed E-state index contributed by atoms with van der Waals surface area (Å²) in [5.41, 5.74) is 9.19. The molecule has 0 aliphatic heterocycles. The second kappa shape index (κ2) is 4.07. The summed E-state index contributed by atoms with van der Waals surface area (Å²) in [5.74, 6) is 0.711. The van der Waals surface area contributed by atoms with Gasteiger partial charge in [0.2, 0.25) is 0 Å². The summed E-state index contributed by atoms with van der Waals surface area (Å²) in [7, 11) is 2.00. The van der Waals surface area contributed by atoms with Crippen molar-refractivity contribution in [2.24, 2.45) is 11.1 Å². The lowest BCUT2D eigenvalue weighted by atomic mass is 9.90. The number of hydrogen-bond acceptors (Lipinski definition) is 4. The Labute approximate surface area is 107 Å². The van der Waals surface area contributed by atoms with E-state index in [4.69, 9.17) is 10.2 Å². The van der Waals surface area contributed by atoms with Gasteiger partial charge in [-0.3, -0.25) is 0 Å². The fraction of sp³-hybridized carbons (Fsp3) is 0.500. The molecule has 4 heteroatoms. The summed E-state index contributed by atoms with van der Waals surface area (Å²) >= 11 is 0. The summed E-state index contributed by atoms with van der Waals surface area (Å²) in [6, 6.07) is 6.54. The number of aromatic nitrogens is 1. The molecular formula is C14H19N3O. The minimum absolute atomic E-state index is 0.237. The van der Waals surface area contributed by atoms with Crippen molar-refractivity contribution < 1.29 is 4.42 Å². The van der Waals surface area contributed by atoms with E-state index in [0.29, 0.717) is 11.9 Å². The molecule has 0 bridgehead atoms. The van der Waals surface area contributed by atoms with E-state index in [9.17, 15) is 0 Å². The van der Waals surface area contributed by atoms with Crippen molar-refractivity contribution in [2.45, 2.75) is 25.8 Å². The number of nitrogens with one attached hydrogen (secondary N) is 1. The Kier molecular flexibility index (Phi) is 2.64. The topological polar surface area (TPSA) is 64.1 Å². The molecule has 1 fully saturated rings. The molecule has 0 amide bonds. The molecule has 1 aromatic heterocycles. The van der Waals surface area contributed by atoms with Crippen LogP contribution in [0.4, 0.5) is 0 Å². The molecule has 1 heterocycles. The highest BCUT2D eigenvalue weighted by Crippen LogP contribution is 2.54. The van der Waals surface area contributed by atoms with Crippen LogP contribution >= 0.6 is 0 Å². The molecule has 18 heavy (non-hydrogen) atoms. The number of nitrogens with two attached hydrogens (primary N) is 1. The summed E-state index contributed by atoms with van der Waals surface area (Å²) in [5, 5.41) is 3.41. The van der Waals surface area contributed by atoms with Crippen molar-refractivity contribution in [2.75, 3.05) is 13.6 Å². The first kappa shape index (κ1) is 11.7. The van der Waals surface area contributed by atoms with Gasteiger partial charge in [-0.15, -0.1) is 0 Å². The maximum absolute atomic E-state index is 5.93. The predicted octanol–water partition coefficient (Wildman–Crippen LogP) is 2.14. The van der Waals surface area contributed by atoms with Crippen molar-refractivity contribution in [3.05, 3.63) is 29.7 Å². The highest BCUT2D eigenvalue weighted by Gasteiger charge is 2.48. The van der Waals surface area contributed by atoms with Crippen LogP contribution in [0.3, 0.4) is 0 Å². The average molecular weight is 245 g/mol. The van der Waals surface area contributed by atoms with E-state index < -0.39 is 0 Å². The normalized spacial score (nSPS) is 19.1. The Morgan fingerprint density at radius 3 is 2.89 bits per heavy atom. The summed E-state index contributed by atoms with van der Waals surface area (Å²) in [6.07, 6.45) is 2.40. The molecule has 1 atom stereocenters. The third kappa shape index (κ3) is 1.72. The van der Waals surface area contributed by atoms with Gasteiger partial charge >= 0.3 is 0 Å². The van der Waals surface area contributed by atoms with Crippen LogP contribution in [-0.4, -0.2) is 18.6 Å². The first-order valence-corrected chi connectivity index (χ1v) is 6.43. The fourth-order valence-electron chi connectivity index (χ4n) is 2.84. The van der Waals surface area contributed by atoms with E-state index in [-0.39, 0.29) is 5.41 Å². The average Bonchev–Trinajstić information content (AvgIpc) is 3.05. The highest BCUT2D eigenvalue weighted by molar-refractivity contribution is 5.73. The van der Waals surface area contributed by atoms with Crippen LogP contribution in [0.25, 0.3) is 11.1 Å². The van der Waals surface area contributed by atoms with E-state index in [1.54, 1.807) is 0 Å². The van der Waals surface area contributed by atoms with Crippen LogP contribution in [0.5, 0.6) is 0 Å². The Morgan fingerprint density at radius 2 is 2.28 bits per heavy atom. The number of fused-ring (bicyclic) bond motifs is 1. The predicted molar refractivity (Wildman–Crippen MR) is 71.3 cm³/mol. The first-order valence-electron chi connectivity index (χ1n) is 6.43. The molecule has 2 aromatic rings. The zero-order valence-electron chi connectivity index (χ0n) is 10.9. The number of nitrogens with zero attached hydrogens (tertiary/aromatic N) is 1. The lowest BCUT2D eigenvalue weighted by Gasteiger charge is -2.25. The van der Waals surface area contributed by atoms with Gasteiger partial charge in [-0.1, -0.05) is 6.07 Å². The Bertz CT molecular complexity index is 571. The molecule has 4 nitrogen and oxygen atoms in total. The van der Waals surface area contributed by atoms with E-state index >= 15 is 0 Å². The molecule has 0 spiro atoms. The standard InChI is InChI=1S/C14H19N3O/c1-9-17-11-7-10(3-4-12(11)18-9)13(16-2)14(8-15)5-6-14/h3-4,7,13,16H,5-6,8,15H2,1-2H3. The van der Waals surface area contributed by atoms with Crippen LogP contribution in [-0.2, 0) is 0 Å². The third-order valence-electron chi connectivity index (χ3n) is 4.05. The maximum atomic E-state index is 5.93. The molecule has 1 unspecified atom stereocenters. The zero-order valence-corrected chi connectivity index (χ0v) is 10.9. The lowest BCUT2D eigenvalue weighted by Crippen LogP contribution is -2.32. The van der Waals surface area contributed by atoms with Gasteiger partial charge in [0, 0.05) is 18.4 Å². The Morgan fingerprint density at radius 1 is 1.50 bits per heavy atom. The van der Waals surface area contributed by atoms with Gasteiger partial charge in [0.15, 0.2) is 11.5 Å². The molecule has 0 saturated heterocycles. The van der Waals surface area contributed by atoms with Crippen molar-refractivity contribution in [3.63, 3.8) is 0 Å². The maximum Gasteiger partial charge on any atom is 0.192 e. The smallest absolute Gasteiger partial charge is 0.192 e. The van der Waals surface area contributed by atoms with Crippen molar-refractivity contribution in [1.29, 1.82) is 0 Å². The lowest BCUT2D eigenvalue weighted by molar-refractivity contribution is 0.367. The van der Waals surface area contributed by atoms with Crippen LogP contribution in [0.15, 0.2) is 22.6 Å². The number of hydrogen-bond donors (Lipinski definition) is 2. The minimum Gasteiger partial charge on any atom is -0.441 e. The third-order valence-corrected chi connectivity index (χ3v) is 4.05. The monoisotopic (exact) mass is 245 g/mol.